The predicted octanol–water partition coefficient (Wildman–Crippen LogP) is 9.16. The van der Waals surface area contributed by atoms with Crippen LogP contribution in [0.5, 0.6) is 11.5 Å². The summed E-state index contributed by atoms with van der Waals surface area (Å²) in [5.74, 6) is -2.33. The molecule has 2 aliphatic carbocycles. The van der Waals surface area contributed by atoms with Gasteiger partial charge in [0.05, 0.1) is 19.1 Å². The van der Waals surface area contributed by atoms with Crippen molar-refractivity contribution < 1.29 is 45.3 Å². The van der Waals surface area contributed by atoms with Crippen molar-refractivity contribution in [1.29, 1.82) is 0 Å². The maximum atomic E-state index is 14.9. The Morgan fingerprint density at radius 3 is 1.83 bits per heavy atom. The molecule has 0 amide bonds. The van der Waals surface area contributed by atoms with Gasteiger partial charge in [-0.2, -0.15) is 8.78 Å². The molecule has 1 heterocycles. The van der Waals surface area contributed by atoms with Crippen molar-refractivity contribution in [1.82, 2.24) is 0 Å². The van der Waals surface area contributed by atoms with E-state index in [1.165, 1.54) is 5.56 Å². The minimum absolute atomic E-state index is 0.279. The van der Waals surface area contributed by atoms with Crippen LogP contribution in [-0.2, 0) is 9.47 Å². The zero-order chi connectivity index (χ0) is 29.2. The SMILES string of the molecule is CC1COC(c2ccc(C3CCC(C4CCC(C(F)(F)Oc5ccc(OC(F)(F)F)c(F)c5)CC4)CC3)cc2)OC1. The third kappa shape index (κ3) is 7.69. The van der Waals surface area contributed by atoms with Crippen molar-refractivity contribution >= 4 is 0 Å². The fraction of sp³-hybridized carbons (Fsp3) is 0.613. The third-order valence-corrected chi connectivity index (χ3v) is 8.81. The molecule has 2 aromatic carbocycles. The maximum absolute atomic E-state index is 14.9. The van der Waals surface area contributed by atoms with Gasteiger partial charge in [0.1, 0.15) is 5.75 Å². The van der Waals surface area contributed by atoms with Gasteiger partial charge in [0.25, 0.3) is 0 Å². The number of halogens is 6. The molecule has 4 nitrogen and oxygen atoms in total. The van der Waals surface area contributed by atoms with Gasteiger partial charge in [-0.25, -0.2) is 4.39 Å². The maximum Gasteiger partial charge on any atom is 0.573 e. The lowest BCUT2D eigenvalue weighted by Gasteiger charge is -2.39. The molecule has 5 rings (SSSR count). The summed E-state index contributed by atoms with van der Waals surface area (Å²) in [6.07, 6.45) is -2.80. The van der Waals surface area contributed by atoms with E-state index < -0.39 is 35.7 Å². The van der Waals surface area contributed by atoms with Crippen molar-refractivity contribution in [3.63, 3.8) is 0 Å². The molecule has 0 atom stereocenters. The summed E-state index contributed by atoms with van der Waals surface area (Å²) in [4.78, 5) is 0. The topological polar surface area (TPSA) is 36.9 Å². The molecule has 0 unspecified atom stereocenters. The largest absolute Gasteiger partial charge is 0.573 e. The van der Waals surface area contributed by atoms with Crippen molar-refractivity contribution in [3.8, 4) is 11.5 Å². The number of hydrogen-bond donors (Lipinski definition) is 0. The number of alkyl halides is 5. The molecule has 0 bridgehead atoms. The number of benzene rings is 2. The van der Waals surface area contributed by atoms with E-state index >= 15 is 0 Å². The first-order valence-electron chi connectivity index (χ1n) is 14.4. The van der Waals surface area contributed by atoms with Gasteiger partial charge in [-0.15, -0.1) is 13.2 Å². The lowest BCUT2D eigenvalue weighted by atomic mass is 9.68. The summed E-state index contributed by atoms with van der Waals surface area (Å²) >= 11 is 0. The molecule has 0 N–H and O–H groups in total. The highest BCUT2D eigenvalue weighted by atomic mass is 19.4. The van der Waals surface area contributed by atoms with Gasteiger partial charge in [-0.1, -0.05) is 31.2 Å². The molecule has 3 aliphatic rings. The van der Waals surface area contributed by atoms with E-state index in [-0.39, 0.29) is 19.1 Å². The minimum Gasteiger partial charge on any atom is -0.432 e. The first kappa shape index (κ1) is 30.0. The van der Waals surface area contributed by atoms with E-state index in [1.54, 1.807) is 0 Å². The Balaban J connectivity index is 1.08. The first-order chi connectivity index (χ1) is 19.5. The van der Waals surface area contributed by atoms with Crippen LogP contribution in [0, 0.1) is 29.5 Å². The summed E-state index contributed by atoms with van der Waals surface area (Å²) in [6, 6.07) is 10.5. The predicted molar refractivity (Wildman–Crippen MR) is 139 cm³/mol. The van der Waals surface area contributed by atoms with E-state index in [4.69, 9.17) is 14.2 Å². The Kier molecular flexibility index (Phi) is 9.09. The molecular weight excluding hydrogens is 550 g/mol. The summed E-state index contributed by atoms with van der Waals surface area (Å²) in [6.45, 7) is 3.49. The fourth-order valence-corrected chi connectivity index (χ4v) is 6.56. The van der Waals surface area contributed by atoms with E-state index in [2.05, 4.69) is 35.9 Å². The molecule has 0 radical (unpaired) electrons. The highest BCUT2D eigenvalue weighted by molar-refractivity contribution is 5.33. The fourth-order valence-electron chi connectivity index (χ4n) is 6.56. The number of rotatable bonds is 7. The van der Waals surface area contributed by atoms with Crippen LogP contribution in [-0.4, -0.2) is 25.7 Å². The normalized spacial score (nSPS) is 29.6. The second kappa shape index (κ2) is 12.4. The summed E-state index contributed by atoms with van der Waals surface area (Å²) in [7, 11) is 0. The van der Waals surface area contributed by atoms with Gasteiger partial charge in [-0.3, -0.25) is 0 Å². The Bertz CT molecular complexity index is 1130. The Morgan fingerprint density at radius 1 is 0.707 bits per heavy atom. The minimum atomic E-state index is -5.09. The van der Waals surface area contributed by atoms with Crippen molar-refractivity contribution in [2.75, 3.05) is 13.2 Å². The van der Waals surface area contributed by atoms with E-state index in [9.17, 15) is 26.3 Å². The number of hydrogen-bond acceptors (Lipinski definition) is 4. The van der Waals surface area contributed by atoms with E-state index in [1.807, 2.05) is 0 Å². The third-order valence-electron chi connectivity index (χ3n) is 8.81. The number of ether oxygens (including phenoxy) is 4. The van der Waals surface area contributed by atoms with Gasteiger partial charge in [-0.05, 0) is 86.8 Å². The molecule has 1 aliphatic heterocycles. The summed E-state index contributed by atoms with van der Waals surface area (Å²) in [5, 5.41) is 0. The van der Waals surface area contributed by atoms with Crippen molar-refractivity contribution in [3.05, 3.63) is 59.4 Å². The van der Waals surface area contributed by atoms with Crippen molar-refractivity contribution in [2.45, 2.75) is 83.0 Å². The second-order valence-electron chi connectivity index (χ2n) is 11.8. The molecule has 226 valence electrons. The zero-order valence-electron chi connectivity index (χ0n) is 23.0. The molecule has 2 saturated carbocycles. The smallest absolute Gasteiger partial charge is 0.432 e. The molecule has 2 aromatic rings. The molecule has 0 aromatic heterocycles. The van der Waals surface area contributed by atoms with Crippen LogP contribution in [0.1, 0.15) is 81.6 Å². The second-order valence-corrected chi connectivity index (χ2v) is 11.8. The standard InChI is InChI=1S/C31H36F6O4/c1-19-17-38-29(39-18-19)24-8-6-22(7-9-24)20-2-4-21(5-3-20)23-10-12-25(13-11-23)30(33,34)40-26-14-15-28(27(32)16-26)41-31(35,36)37/h6-9,14-16,19-21,23,25,29H,2-5,10-13,17-18H2,1H3. The van der Waals surface area contributed by atoms with Crippen LogP contribution in [0.2, 0.25) is 0 Å². The van der Waals surface area contributed by atoms with Gasteiger partial charge < -0.3 is 18.9 Å². The molecule has 41 heavy (non-hydrogen) atoms. The summed E-state index contributed by atoms with van der Waals surface area (Å²) in [5.41, 5.74) is 2.34. The lowest BCUT2D eigenvalue weighted by Crippen LogP contribution is -2.38. The van der Waals surface area contributed by atoms with Crippen molar-refractivity contribution in [2.24, 2.45) is 23.7 Å². The Labute approximate surface area is 236 Å². The highest BCUT2D eigenvalue weighted by Gasteiger charge is 2.45. The van der Waals surface area contributed by atoms with Crippen LogP contribution < -0.4 is 9.47 Å². The average Bonchev–Trinajstić information content (AvgIpc) is 2.94. The van der Waals surface area contributed by atoms with Gasteiger partial charge >= 0.3 is 12.5 Å². The molecule has 0 spiro atoms. The average molecular weight is 587 g/mol. The van der Waals surface area contributed by atoms with Gasteiger partial charge in [0, 0.05) is 17.5 Å². The quantitative estimate of drug-likeness (QED) is 0.303. The van der Waals surface area contributed by atoms with Gasteiger partial charge in [0.2, 0.25) is 0 Å². The highest BCUT2D eigenvalue weighted by Crippen LogP contribution is 2.47. The molecule has 1 saturated heterocycles. The molecular formula is C31H36F6O4. The summed E-state index contributed by atoms with van der Waals surface area (Å²) < 4.78 is 101. The zero-order valence-corrected chi connectivity index (χ0v) is 23.0. The van der Waals surface area contributed by atoms with Gasteiger partial charge in [0.15, 0.2) is 17.9 Å². The van der Waals surface area contributed by atoms with E-state index in [0.29, 0.717) is 61.9 Å². The van der Waals surface area contributed by atoms with Crippen LogP contribution in [0.3, 0.4) is 0 Å². The first-order valence-corrected chi connectivity index (χ1v) is 14.4. The monoisotopic (exact) mass is 586 g/mol. The van der Waals surface area contributed by atoms with Crippen LogP contribution in [0.25, 0.3) is 0 Å². The van der Waals surface area contributed by atoms with E-state index in [0.717, 1.165) is 37.3 Å². The lowest BCUT2D eigenvalue weighted by molar-refractivity contribution is -0.275. The Hall–Kier alpha value is -2.46. The Morgan fingerprint density at radius 2 is 1.27 bits per heavy atom. The molecule has 3 fully saturated rings. The van der Waals surface area contributed by atoms with Crippen LogP contribution in [0.15, 0.2) is 42.5 Å². The molecule has 10 heteroatoms. The van der Waals surface area contributed by atoms with Crippen LogP contribution in [0.4, 0.5) is 26.3 Å². The van der Waals surface area contributed by atoms with Crippen LogP contribution >= 0.6 is 0 Å².